The standard InChI is InChI=1S/C23H24N2O5.HI/c1-25(2)11-10-15-13-19-21(30-14-29-19)22(27-3)20(15)17(25)8-6-12-28-18-9-5-4-7-16(18)23(24)26;/h4-5,7,9,13,17H,10-12,14H2,1-3H3,(H-,24,26);1H. The monoisotopic (exact) mass is 536 g/mol. The Balaban J connectivity index is 0.00000272. The van der Waals surface area contributed by atoms with E-state index in [1.165, 1.54) is 0 Å². The quantitative estimate of drug-likeness (QED) is 0.317. The summed E-state index contributed by atoms with van der Waals surface area (Å²) in [7, 11) is 5.94. The van der Waals surface area contributed by atoms with Crippen molar-refractivity contribution < 1.29 is 52.2 Å². The van der Waals surface area contributed by atoms with Crippen molar-refractivity contribution in [3.8, 4) is 34.8 Å². The number of likely N-dealkylation sites (N-methyl/N-ethyl adjacent to an activating group) is 1. The molecule has 2 aromatic rings. The van der Waals surface area contributed by atoms with Gasteiger partial charge >= 0.3 is 0 Å². The molecule has 2 aromatic carbocycles. The van der Waals surface area contributed by atoms with Crippen LogP contribution < -0.4 is 48.7 Å². The lowest BCUT2D eigenvalue weighted by Crippen LogP contribution is -3.00. The first kappa shape index (κ1) is 23.0. The molecular weight excluding hydrogens is 511 g/mol. The van der Waals surface area contributed by atoms with Crippen LogP contribution in [0.15, 0.2) is 30.3 Å². The summed E-state index contributed by atoms with van der Waals surface area (Å²) in [5.41, 5.74) is 7.94. The first-order chi connectivity index (χ1) is 14.4. The number of fused-ring (bicyclic) bond motifs is 2. The number of carbonyl (C=O) groups excluding carboxylic acids is 1. The number of hydrogen-bond acceptors (Lipinski definition) is 5. The molecule has 0 aliphatic carbocycles. The van der Waals surface area contributed by atoms with Gasteiger partial charge in [-0.3, -0.25) is 4.79 Å². The van der Waals surface area contributed by atoms with Gasteiger partial charge in [0.05, 0.1) is 38.9 Å². The van der Waals surface area contributed by atoms with E-state index in [0.29, 0.717) is 27.3 Å². The van der Waals surface area contributed by atoms with Crippen LogP contribution in [-0.2, 0) is 6.42 Å². The lowest BCUT2D eigenvalue weighted by atomic mass is 9.89. The fourth-order valence-corrected chi connectivity index (χ4v) is 3.97. The van der Waals surface area contributed by atoms with Gasteiger partial charge in [-0.1, -0.05) is 18.1 Å². The normalized spacial score (nSPS) is 17.5. The lowest BCUT2D eigenvalue weighted by Gasteiger charge is -2.40. The molecule has 0 spiro atoms. The maximum Gasteiger partial charge on any atom is 0.252 e. The number of halogens is 1. The van der Waals surface area contributed by atoms with Gasteiger partial charge in [0.15, 0.2) is 17.5 Å². The number of nitrogens with two attached hydrogens (primary N) is 1. The predicted molar refractivity (Wildman–Crippen MR) is 111 cm³/mol. The molecule has 4 rings (SSSR count). The minimum absolute atomic E-state index is 0. The van der Waals surface area contributed by atoms with E-state index in [1.54, 1.807) is 31.4 Å². The molecule has 7 nitrogen and oxygen atoms in total. The van der Waals surface area contributed by atoms with E-state index in [4.69, 9.17) is 24.7 Å². The molecule has 2 aliphatic rings. The van der Waals surface area contributed by atoms with Crippen LogP contribution in [0, 0.1) is 11.8 Å². The zero-order valence-corrected chi connectivity index (χ0v) is 19.9. The Bertz CT molecular complexity index is 1060. The van der Waals surface area contributed by atoms with Crippen LogP contribution >= 0.6 is 0 Å². The highest BCUT2D eigenvalue weighted by Crippen LogP contribution is 2.50. The number of nitrogens with zero attached hydrogens (tertiary/aromatic N) is 1. The molecule has 0 saturated heterocycles. The number of methoxy groups -OCH3 is 1. The second-order valence-electron chi connectivity index (χ2n) is 7.84. The third kappa shape index (κ3) is 4.38. The Morgan fingerprint density at radius 3 is 2.81 bits per heavy atom. The van der Waals surface area contributed by atoms with Crippen molar-refractivity contribution >= 4 is 5.91 Å². The SMILES string of the molecule is COc1c2c(cc3c1C(C#CCOc1ccccc1C(N)=O)[N+](C)(C)CC3)OCO2.[I-]. The molecule has 2 N–H and O–H groups in total. The topological polar surface area (TPSA) is 80.0 Å². The first-order valence-corrected chi connectivity index (χ1v) is 9.74. The molecule has 0 bridgehead atoms. The van der Waals surface area contributed by atoms with Crippen LogP contribution in [0.1, 0.15) is 27.5 Å². The van der Waals surface area contributed by atoms with Gasteiger partial charge < -0.3 is 53.1 Å². The number of para-hydroxylation sites is 1. The second kappa shape index (κ2) is 9.24. The Hall–Kier alpha value is -2.64. The Morgan fingerprint density at radius 1 is 1.29 bits per heavy atom. The number of hydrogen-bond donors (Lipinski definition) is 1. The van der Waals surface area contributed by atoms with Crippen LogP contribution in [0.25, 0.3) is 0 Å². The smallest absolute Gasteiger partial charge is 0.252 e. The molecule has 31 heavy (non-hydrogen) atoms. The van der Waals surface area contributed by atoms with Gasteiger partial charge in [-0.2, -0.15) is 0 Å². The highest BCUT2D eigenvalue weighted by molar-refractivity contribution is 5.95. The summed E-state index contributed by atoms with van der Waals surface area (Å²) in [5, 5.41) is 0. The molecule has 0 fully saturated rings. The van der Waals surface area contributed by atoms with Crippen molar-refractivity contribution in [3.63, 3.8) is 0 Å². The lowest BCUT2D eigenvalue weighted by molar-refractivity contribution is -0.914. The van der Waals surface area contributed by atoms with E-state index >= 15 is 0 Å². The van der Waals surface area contributed by atoms with E-state index in [2.05, 4.69) is 25.9 Å². The molecule has 0 saturated carbocycles. The highest BCUT2D eigenvalue weighted by Gasteiger charge is 2.40. The largest absolute Gasteiger partial charge is 1.00 e. The molecular formula is C23H25IN2O5. The number of amides is 1. The van der Waals surface area contributed by atoms with Crippen LogP contribution in [0.3, 0.4) is 0 Å². The third-order valence-corrected chi connectivity index (χ3v) is 5.57. The molecule has 1 amide bonds. The average Bonchev–Trinajstić information content (AvgIpc) is 3.19. The van der Waals surface area contributed by atoms with Crippen LogP contribution in [0.4, 0.5) is 0 Å². The minimum atomic E-state index is -0.529. The highest BCUT2D eigenvalue weighted by atomic mass is 127. The van der Waals surface area contributed by atoms with Gasteiger partial charge in [0.25, 0.3) is 5.91 Å². The van der Waals surface area contributed by atoms with Gasteiger partial charge in [0.2, 0.25) is 12.5 Å². The van der Waals surface area contributed by atoms with Gasteiger partial charge in [-0.25, -0.2) is 0 Å². The summed E-state index contributed by atoms with van der Waals surface area (Å²) >= 11 is 0. The van der Waals surface area contributed by atoms with Crippen LogP contribution in [0.5, 0.6) is 23.0 Å². The maximum atomic E-state index is 11.6. The predicted octanol–water partition coefficient (Wildman–Crippen LogP) is -0.717. The van der Waals surface area contributed by atoms with Crippen molar-refractivity contribution in [3.05, 3.63) is 47.0 Å². The minimum Gasteiger partial charge on any atom is -1.00 e. The molecule has 164 valence electrons. The number of ether oxygens (including phenoxy) is 4. The third-order valence-electron chi connectivity index (χ3n) is 5.57. The van der Waals surface area contributed by atoms with Gasteiger partial charge in [0, 0.05) is 6.42 Å². The van der Waals surface area contributed by atoms with Gasteiger partial charge in [-0.05, 0) is 29.7 Å². The number of primary amides is 1. The van der Waals surface area contributed by atoms with E-state index in [9.17, 15) is 4.79 Å². The van der Waals surface area contributed by atoms with Crippen molar-refractivity contribution in [2.45, 2.75) is 12.5 Å². The number of benzene rings is 2. The Labute approximate surface area is 199 Å². The van der Waals surface area contributed by atoms with E-state index < -0.39 is 5.91 Å². The summed E-state index contributed by atoms with van der Waals surface area (Å²) in [6.07, 6.45) is 0.899. The Morgan fingerprint density at radius 2 is 2.06 bits per heavy atom. The van der Waals surface area contributed by atoms with Gasteiger partial charge in [-0.15, -0.1) is 0 Å². The molecule has 8 heteroatoms. The summed E-state index contributed by atoms with van der Waals surface area (Å²) in [6, 6.07) is 8.80. The first-order valence-electron chi connectivity index (χ1n) is 9.74. The molecule has 2 heterocycles. The zero-order valence-electron chi connectivity index (χ0n) is 17.7. The molecule has 1 unspecified atom stereocenters. The fraction of sp³-hybridized carbons (Fsp3) is 0.348. The summed E-state index contributed by atoms with van der Waals surface area (Å²) in [5.74, 6) is 8.41. The van der Waals surface area contributed by atoms with Crippen LogP contribution in [0.2, 0.25) is 0 Å². The molecule has 0 aromatic heterocycles. The van der Waals surface area contributed by atoms with E-state index in [-0.39, 0.29) is 43.4 Å². The second-order valence-corrected chi connectivity index (χ2v) is 7.84. The van der Waals surface area contributed by atoms with E-state index in [0.717, 1.165) is 29.8 Å². The summed E-state index contributed by atoms with van der Waals surface area (Å²) in [6.45, 7) is 1.26. The van der Waals surface area contributed by atoms with Crippen molar-refractivity contribution in [1.29, 1.82) is 0 Å². The van der Waals surface area contributed by atoms with Crippen LogP contribution in [-0.4, -0.2) is 51.5 Å². The summed E-state index contributed by atoms with van der Waals surface area (Å²) < 4.78 is 23.4. The molecule has 2 aliphatic heterocycles. The van der Waals surface area contributed by atoms with Crippen molar-refractivity contribution in [2.24, 2.45) is 5.73 Å². The van der Waals surface area contributed by atoms with Crippen molar-refractivity contribution in [1.82, 2.24) is 0 Å². The van der Waals surface area contributed by atoms with E-state index in [1.807, 2.05) is 6.07 Å². The average molecular weight is 536 g/mol. The molecule has 1 atom stereocenters. The van der Waals surface area contributed by atoms with Crippen molar-refractivity contribution in [2.75, 3.05) is 41.1 Å². The fourth-order valence-electron chi connectivity index (χ4n) is 3.97. The van der Waals surface area contributed by atoms with Gasteiger partial charge in [0.1, 0.15) is 12.4 Å². The number of rotatable bonds is 4. The summed E-state index contributed by atoms with van der Waals surface area (Å²) in [4.78, 5) is 11.6. The zero-order chi connectivity index (χ0) is 21.3. The number of quaternary nitrogens is 1. The number of carbonyl (C=O) groups is 1. The maximum absolute atomic E-state index is 11.6. The Kier molecular flexibility index (Phi) is 6.86. The molecule has 0 radical (unpaired) electrons.